The minimum absolute atomic E-state index is 0.479. The van der Waals surface area contributed by atoms with Gasteiger partial charge in [-0.05, 0) is 65.3 Å². The molecule has 0 heterocycles. The molecule has 1 aromatic rings. The van der Waals surface area contributed by atoms with E-state index in [1.165, 1.54) is 33.1 Å². The molecular weight excluding hydrogens is 332 g/mol. The van der Waals surface area contributed by atoms with Crippen molar-refractivity contribution in [1.29, 1.82) is 0 Å². The number of allylic oxidation sites excluding steroid dienone is 8. The van der Waals surface area contributed by atoms with Gasteiger partial charge in [0.05, 0.1) is 14.2 Å². The maximum Gasteiger partial charge on any atom is 0.133 e. The Morgan fingerprint density at radius 2 is 1.63 bits per heavy atom. The quantitative estimate of drug-likeness (QED) is 0.778. The van der Waals surface area contributed by atoms with Crippen LogP contribution < -0.4 is 19.9 Å². The molecule has 2 aliphatic carbocycles. The number of ether oxygens (including phenoxy) is 2. The number of methoxy groups -OCH3 is 2. The van der Waals surface area contributed by atoms with E-state index in [-0.39, 0.29) is 0 Å². The van der Waals surface area contributed by atoms with E-state index in [9.17, 15) is 0 Å². The monoisotopic (exact) mass is 362 g/mol. The standard InChI is InChI=1S/C25H30O2/c1-8-19-23(26-6)14-22-20(25(19)27-7)12-10-16(4)21-13-18(15(2)3)11-9-17(5)24(21)22/h9-15H,8H2,1-7H3. The first-order chi connectivity index (χ1) is 12.9. The van der Waals surface area contributed by atoms with Crippen molar-refractivity contribution in [3.8, 4) is 11.5 Å². The third-order valence-electron chi connectivity index (χ3n) is 5.52. The summed E-state index contributed by atoms with van der Waals surface area (Å²) in [5.41, 5.74) is 7.53. The highest BCUT2D eigenvalue weighted by Gasteiger charge is 2.20. The van der Waals surface area contributed by atoms with Crippen molar-refractivity contribution in [3.05, 3.63) is 68.7 Å². The molecule has 0 fully saturated rings. The fourth-order valence-corrected chi connectivity index (χ4v) is 3.94. The van der Waals surface area contributed by atoms with Crippen LogP contribution in [0.5, 0.6) is 11.5 Å². The Kier molecular flexibility index (Phi) is 5.46. The summed E-state index contributed by atoms with van der Waals surface area (Å²) in [6, 6.07) is 2.18. The van der Waals surface area contributed by atoms with Gasteiger partial charge >= 0.3 is 0 Å². The molecule has 0 bridgehead atoms. The fourth-order valence-electron chi connectivity index (χ4n) is 3.94. The van der Waals surface area contributed by atoms with Crippen molar-refractivity contribution in [3.63, 3.8) is 0 Å². The van der Waals surface area contributed by atoms with E-state index >= 15 is 0 Å². The lowest BCUT2D eigenvalue weighted by Crippen LogP contribution is -2.30. The summed E-state index contributed by atoms with van der Waals surface area (Å²) < 4.78 is 11.6. The molecule has 2 aliphatic rings. The van der Waals surface area contributed by atoms with Gasteiger partial charge in [0.25, 0.3) is 0 Å². The van der Waals surface area contributed by atoms with Crippen molar-refractivity contribution in [2.24, 2.45) is 5.92 Å². The van der Waals surface area contributed by atoms with Crippen LogP contribution in [-0.4, -0.2) is 14.2 Å². The predicted molar refractivity (Wildman–Crippen MR) is 115 cm³/mol. The Hall–Kier alpha value is -2.48. The highest BCUT2D eigenvalue weighted by molar-refractivity contribution is 5.86. The molecule has 1 aromatic carbocycles. The van der Waals surface area contributed by atoms with Crippen LogP contribution in [0.3, 0.4) is 0 Å². The summed E-state index contributed by atoms with van der Waals surface area (Å²) in [5.74, 6) is 2.28. The molecule has 142 valence electrons. The van der Waals surface area contributed by atoms with Gasteiger partial charge in [-0.2, -0.15) is 0 Å². The minimum Gasteiger partial charge on any atom is -0.496 e. The van der Waals surface area contributed by atoms with E-state index in [2.05, 4.69) is 71.1 Å². The number of benzene rings is 1. The molecule has 0 aromatic heterocycles. The Balaban J connectivity index is 2.52. The van der Waals surface area contributed by atoms with Gasteiger partial charge in [0.1, 0.15) is 11.5 Å². The van der Waals surface area contributed by atoms with Crippen LogP contribution in [0.1, 0.15) is 40.2 Å². The zero-order chi connectivity index (χ0) is 19.7. The average molecular weight is 363 g/mol. The molecule has 2 heteroatoms. The molecule has 3 rings (SSSR count). The van der Waals surface area contributed by atoms with Gasteiger partial charge in [-0.1, -0.05) is 51.2 Å². The largest absolute Gasteiger partial charge is 0.496 e. The Morgan fingerprint density at radius 3 is 2.22 bits per heavy atom. The van der Waals surface area contributed by atoms with E-state index in [4.69, 9.17) is 9.47 Å². The van der Waals surface area contributed by atoms with E-state index < -0.39 is 0 Å². The van der Waals surface area contributed by atoms with Gasteiger partial charge in [0.15, 0.2) is 0 Å². The van der Waals surface area contributed by atoms with Crippen LogP contribution in [0.15, 0.2) is 52.7 Å². The highest BCUT2D eigenvalue weighted by atomic mass is 16.5. The molecule has 0 saturated carbocycles. The molecule has 0 N–H and O–H groups in total. The normalized spacial score (nSPS) is 16.1. The first kappa shape index (κ1) is 19.3. The van der Waals surface area contributed by atoms with Gasteiger partial charge < -0.3 is 9.47 Å². The van der Waals surface area contributed by atoms with Crippen molar-refractivity contribution in [1.82, 2.24) is 0 Å². The highest BCUT2D eigenvalue weighted by Crippen LogP contribution is 2.33. The SMILES string of the molecule is CCc1c(OC)cc2c(c1OC)=CC=C(C)C1=CC(C(C)C)=CC=C(C)C=21. The van der Waals surface area contributed by atoms with Crippen LogP contribution in [0.4, 0.5) is 0 Å². The number of hydrogen-bond donors (Lipinski definition) is 0. The van der Waals surface area contributed by atoms with E-state index in [0.717, 1.165) is 28.7 Å². The Morgan fingerprint density at radius 1 is 0.926 bits per heavy atom. The van der Waals surface area contributed by atoms with E-state index in [1.54, 1.807) is 14.2 Å². The summed E-state index contributed by atoms with van der Waals surface area (Å²) in [7, 11) is 3.49. The minimum atomic E-state index is 0.479. The van der Waals surface area contributed by atoms with Crippen molar-refractivity contribution < 1.29 is 9.47 Å². The summed E-state index contributed by atoms with van der Waals surface area (Å²) in [5, 5.41) is 2.31. The van der Waals surface area contributed by atoms with Gasteiger partial charge in [0.2, 0.25) is 0 Å². The first-order valence-corrected chi connectivity index (χ1v) is 9.70. The van der Waals surface area contributed by atoms with E-state index in [1.807, 2.05) is 0 Å². The van der Waals surface area contributed by atoms with Crippen LogP contribution in [0, 0.1) is 5.92 Å². The Labute approximate surface area is 162 Å². The molecule has 0 atom stereocenters. The predicted octanol–water partition coefficient (Wildman–Crippen LogP) is 4.63. The maximum absolute atomic E-state index is 5.87. The number of fused-ring (bicyclic) bond motifs is 2. The van der Waals surface area contributed by atoms with Crippen LogP contribution in [-0.2, 0) is 6.42 Å². The van der Waals surface area contributed by atoms with Crippen molar-refractivity contribution in [2.75, 3.05) is 14.2 Å². The van der Waals surface area contributed by atoms with Gasteiger partial charge in [-0.3, -0.25) is 0 Å². The van der Waals surface area contributed by atoms with Gasteiger partial charge in [-0.25, -0.2) is 0 Å². The smallest absolute Gasteiger partial charge is 0.133 e. The van der Waals surface area contributed by atoms with Crippen molar-refractivity contribution >= 4 is 11.6 Å². The molecule has 27 heavy (non-hydrogen) atoms. The first-order valence-electron chi connectivity index (χ1n) is 9.70. The third kappa shape index (κ3) is 3.29. The second kappa shape index (κ2) is 7.64. The molecule has 0 aliphatic heterocycles. The van der Waals surface area contributed by atoms with E-state index in [0.29, 0.717) is 5.92 Å². The molecule has 0 amide bonds. The Bertz CT molecular complexity index is 1010. The van der Waals surface area contributed by atoms with Crippen molar-refractivity contribution in [2.45, 2.75) is 41.0 Å². The second-order valence-corrected chi connectivity index (χ2v) is 7.53. The average Bonchev–Trinajstić information content (AvgIpc) is 2.91. The topological polar surface area (TPSA) is 18.5 Å². The fraction of sp³-hybridized carbons (Fsp3) is 0.360. The summed E-state index contributed by atoms with van der Waals surface area (Å²) in [6.07, 6.45) is 12.1. The number of hydrogen-bond acceptors (Lipinski definition) is 2. The van der Waals surface area contributed by atoms with Crippen LogP contribution in [0.25, 0.3) is 11.6 Å². The molecular formula is C25H30O2. The van der Waals surface area contributed by atoms with Crippen LogP contribution in [0.2, 0.25) is 0 Å². The summed E-state index contributed by atoms with van der Waals surface area (Å²) in [6.45, 7) is 11.0. The lowest BCUT2D eigenvalue weighted by atomic mass is 9.90. The molecule has 2 nitrogen and oxygen atoms in total. The lowest BCUT2D eigenvalue weighted by molar-refractivity contribution is 0.383. The summed E-state index contributed by atoms with van der Waals surface area (Å²) in [4.78, 5) is 0. The zero-order valence-electron chi connectivity index (χ0n) is 17.6. The molecule has 0 unspecified atom stereocenters. The van der Waals surface area contributed by atoms with Gasteiger partial charge in [-0.15, -0.1) is 0 Å². The van der Waals surface area contributed by atoms with Crippen LogP contribution >= 0.6 is 0 Å². The third-order valence-corrected chi connectivity index (χ3v) is 5.52. The zero-order valence-corrected chi connectivity index (χ0v) is 17.6. The molecule has 0 radical (unpaired) electrons. The maximum atomic E-state index is 5.87. The molecule has 0 spiro atoms. The molecule has 0 saturated heterocycles. The van der Waals surface area contributed by atoms with Gasteiger partial charge in [0, 0.05) is 10.8 Å². The number of rotatable bonds is 4. The lowest BCUT2D eigenvalue weighted by Gasteiger charge is -2.17. The second-order valence-electron chi connectivity index (χ2n) is 7.53. The summed E-state index contributed by atoms with van der Waals surface area (Å²) >= 11 is 0.